The molecule has 0 saturated carbocycles. The molecule has 0 unspecified atom stereocenters. The van der Waals surface area contributed by atoms with Crippen molar-refractivity contribution in [1.29, 1.82) is 0 Å². The van der Waals surface area contributed by atoms with Crippen LogP contribution < -0.4 is 5.32 Å². The first kappa shape index (κ1) is 18.4. The van der Waals surface area contributed by atoms with E-state index in [1.165, 1.54) is 4.68 Å². The van der Waals surface area contributed by atoms with Gasteiger partial charge in [-0.3, -0.25) is 14.3 Å². The van der Waals surface area contributed by atoms with Gasteiger partial charge in [0.25, 0.3) is 5.91 Å². The number of morpholine rings is 1. The Morgan fingerprint density at radius 1 is 1.23 bits per heavy atom. The highest BCUT2D eigenvalue weighted by Crippen LogP contribution is 2.22. The van der Waals surface area contributed by atoms with Gasteiger partial charge in [-0.05, 0) is 12.5 Å². The van der Waals surface area contributed by atoms with Gasteiger partial charge in [0.1, 0.15) is 11.2 Å². The maximum atomic E-state index is 13.0. The number of hydrogen-bond donors (Lipinski definition) is 1. The molecule has 1 saturated heterocycles. The maximum absolute atomic E-state index is 13.0. The molecule has 26 heavy (non-hydrogen) atoms. The Bertz CT molecular complexity index is 800. The van der Waals surface area contributed by atoms with Crippen LogP contribution in [0.4, 0.5) is 0 Å². The van der Waals surface area contributed by atoms with Crippen molar-refractivity contribution in [3.05, 3.63) is 52.3 Å². The highest BCUT2D eigenvalue weighted by atomic mass is 35.5. The van der Waals surface area contributed by atoms with Gasteiger partial charge in [-0.2, -0.15) is 5.10 Å². The van der Waals surface area contributed by atoms with E-state index in [4.69, 9.17) is 16.3 Å². The Kier molecular flexibility index (Phi) is 5.58. The molecule has 2 heterocycles. The third kappa shape index (κ3) is 3.73. The summed E-state index contributed by atoms with van der Waals surface area (Å²) in [6.07, 6.45) is 0. The first-order chi connectivity index (χ1) is 12.5. The first-order valence-electron chi connectivity index (χ1n) is 8.40. The Labute approximate surface area is 156 Å². The second-order valence-electron chi connectivity index (χ2n) is 6.13. The summed E-state index contributed by atoms with van der Waals surface area (Å²) in [4.78, 5) is 27.6. The summed E-state index contributed by atoms with van der Waals surface area (Å²) in [7, 11) is 1.67. The summed E-state index contributed by atoms with van der Waals surface area (Å²) in [6, 6.07) is 8.39. The average molecular weight is 377 g/mol. The van der Waals surface area contributed by atoms with E-state index in [9.17, 15) is 9.59 Å². The van der Waals surface area contributed by atoms with Gasteiger partial charge in [-0.15, -0.1) is 0 Å². The Balaban J connectivity index is 1.88. The molecule has 1 atom stereocenters. The summed E-state index contributed by atoms with van der Waals surface area (Å²) < 4.78 is 6.75. The zero-order valence-electron chi connectivity index (χ0n) is 14.7. The number of rotatable bonds is 4. The summed E-state index contributed by atoms with van der Waals surface area (Å²) >= 11 is 6.19. The molecule has 0 spiro atoms. The number of aromatic nitrogens is 2. The summed E-state index contributed by atoms with van der Waals surface area (Å²) in [5.74, 6) is -0.582. The van der Waals surface area contributed by atoms with E-state index in [2.05, 4.69) is 10.4 Å². The van der Waals surface area contributed by atoms with Crippen molar-refractivity contribution in [2.24, 2.45) is 7.05 Å². The van der Waals surface area contributed by atoms with Gasteiger partial charge in [0.05, 0.1) is 24.5 Å². The predicted molar refractivity (Wildman–Crippen MR) is 97.0 cm³/mol. The quantitative estimate of drug-likeness (QED) is 0.881. The fourth-order valence-electron chi connectivity index (χ4n) is 2.99. The van der Waals surface area contributed by atoms with Gasteiger partial charge in [0.15, 0.2) is 0 Å². The van der Waals surface area contributed by atoms with E-state index in [1.54, 1.807) is 18.9 Å². The standard InChI is InChI=1S/C18H21ClN4O3/c1-12-14(16(19)22(2)21-12)17(24)20-15(13-6-4-3-5-7-13)18(25)23-8-10-26-11-9-23/h3-7,15H,8-11H2,1-2H3,(H,20,24)/t15-/m1/s1. The molecule has 1 aromatic carbocycles. The Morgan fingerprint density at radius 3 is 2.46 bits per heavy atom. The van der Waals surface area contributed by atoms with Crippen molar-refractivity contribution >= 4 is 23.4 Å². The largest absolute Gasteiger partial charge is 0.378 e. The topological polar surface area (TPSA) is 76.5 Å². The highest BCUT2D eigenvalue weighted by Gasteiger charge is 2.30. The van der Waals surface area contributed by atoms with Crippen molar-refractivity contribution in [2.75, 3.05) is 26.3 Å². The second kappa shape index (κ2) is 7.88. The lowest BCUT2D eigenvalue weighted by atomic mass is 10.0. The number of carbonyl (C=O) groups excluding carboxylic acids is 2. The van der Waals surface area contributed by atoms with E-state index in [1.807, 2.05) is 30.3 Å². The average Bonchev–Trinajstić information content (AvgIpc) is 2.92. The molecule has 138 valence electrons. The van der Waals surface area contributed by atoms with Crippen LogP contribution in [0.15, 0.2) is 30.3 Å². The minimum absolute atomic E-state index is 0.162. The number of halogens is 1. The molecule has 1 aliphatic rings. The number of benzene rings is 1. The van der Waals surface area contributed by atoms with Crippen molar-refractivity contribution in [3.8, 4) is 0 Å². The van der Waals surface area contributed by atoms with Gasteiger partial charge >= 0.3 is 0 Å². The van der Waals surface area contributed by atoms with Crippen LogP contribution in [0.1, 0.15) is 27.7 Å². The van der Waals surface area contributed by atoms with Gasteiger partial charge in [0, 0.05) is 20.1 Å². The lowest BCUT2D eigenvalue weighted by Crippen LogP contribution is -2.47. The van der Waals surface area contributed by atoms with Gasteiger partial charge in [-0.25, -0.2) is 0 Å². The number of aryl methyl sites for hydroxylation is 2. The third-order valence-corrected chi connectivity index (χ3v) is 4.79. The molecule has 2 amide bonds. The molecule has 1 fully saturated rings. The lowest BCUT2D eigenvalue weighted by Gasteiger charge is -2.31. The first-order valence-corrected chi connectivity index (χ1v) is 8.78. The van der Waals surface area contributed by atoms with E-state index in [0.29, 0.717) is 32.0 Å². The molecule has 0 bridgehead atoms. The van der Waals surface area contributed by atoms with Crippen LogP contribution in [0.2, 0.25) is 5.15 Å². The van der Waals surface area contributed by atoms with Crippen molar-refractivity contribution in [3.63, 3.8) is 0 Å². The van der Waals surface area contributed by atoms with E-state index in [0.717, 1.165) is 5.56 Å². The predicted octanol–water partition coefficient (Wildman–Crippen LogP) is 1.71. The lowest BCUT2D eigenvalue weighted by molar-refractivity contribution is -0.137. The van der Waals surface area contributed by atoms with Crippen LogP contribution in [0.5, 0.6) is 0 Å². The normalized spacial score (nSPS) is 15.6. The molecular weight excluding hydrogens is 356 g/mol. The molecule has 0 radical (unpaired) electrons. The van der Waals surface area contributed by atoms with Crippen LogP contribution in [0, 0.1) is 6.92 Å². The van der Waals surface area contributed by atoms with E-state index < -0.39 is 11.9 Å². The van der Waals surface area contributed by atoms with Crippen LogP contribution in [0.3, 0.4) is 0 Å². The van der Waals surface area contributed by atoms with Gasteiger partial charge in [-0.1, -0.05) is 41.9 Å². The van der Waals surface area contributed by atoms with E-state index in [-0.39, 0.29) is 16.6 Å². The molecule has 1 aliphatic heterocycles. The minimum Gasteiger partial charge on any atom is -0.378 e. The number of carbonyl (C=O) groups is 2. The zero-order chi connectivity index (χ0) is 18.7. The van der Waals surface area contributed by atoms with Crippen LogP contribution in [-0.2, 0) is 16.6 Å². The Morgan fingerprint density at radius 2 is 1.88 bits per heavy atom. The zero-order valence-corrected chi connectivity index (χ0v) is 15.5. The van der Waals surface area contributed by atoms with Crippen molar-refractivity contribution in [1.82, 2.24) is 20.0 Å². The SMILES string of the molecule is Cc1nn(C)c(Cl)c1C(=O)N[C@@H](C(=O)N1CCOCC1)c1ccccc1. The Hall–Kier alpha value is -2.38. The smallest absolute Gasteiger partial charge is 0.257 e. The molecule has 1 aromatic heterocycles. The molecule has 1 N–H and O–H groups in total. The van der Waals surface area contributed by atoms with Crippen LogP contribution in [0.25, 0.3) is 0 Å². The van der Waals surface area contributed by atoms with Gasteiger partial charge in [0.2, 0.25) is 5.91 Å². The minimum atomic E-state index is -0.794. The van der Waals surface area contributed by atoms with Gasteiger partial charge < -0.3 is 15.0 Å². The van der Waals surface area contributed by atoms with E-state index >= 15 is 0 Å². The molecule has 3 rings (SSSR count). The van der Waals surface area contributed by atoms with Crippen LogP contribution >= 0.6 is 11.6 Å². The molecule has 0 aliphatic carbocycles. The fraction of sp³-hybridized carbons (Fsp3) is 0.389. The van der Waals surface area contributed by atoms with Crippen molar-refractivity contribution < 1.29 is 14.3 Å². The number of amides is 2. The summed E-state index contributed by atoms with van der Waals surface area (Å²) in [5, 5.41) is 7.23. The highest BCUT2D eigenvalue weighted by molar-refractivity contribution is 6.33. The molecular formula is C18H21ClN4O3. The summed E-state index contributed by atoms with van der Waals surface area (Å²) in [5.41, 5.74) is 1.51. The number of nitrogens with zero attached hydrogens (tertiary/aromatic N) is 3. The summed E-state index contributed by atoms with van der Waals surface area (Å²) in [6.45, 7) is 3.71. The van der Waals surface area contributed by atoms with Crippen molar-refractivity contribution in [2.45, 2.75) is 13.0 Å². The second-order valence-corrected chi connectivity index (χ2v) is 6.49. The fourth-order valence-corrected chi connectivity index (χ4v) is 3.25. The molecule has 7 nitrogen and oxygen atoms in total. The van der Waals surface area contributed by atoms with Crippen LogP contribution in [-0.4, -0.2) is 52.8 Å². The number of ether oxygens (including phenoxy) is 1. The monoisotopic (exact) mass is 376 g/mol. The maximum Gasteiger partial charge on any atom is 0.257 e. The molecule has 8 heteroatoms. The third-order valence-electron chi connectivity index (χ3n) is 4.36. The molecule has 2 aromatic rings. The number of nitrogens with one attached hydrogen (secondary N) is 1. The number of hydrogen-bond acceptors (Lipinski definition) is 4.